The maximum Gasteiger partial charge on any atom is 0.150 e. The third kappa shape index (κ3) is 3.05. The van der Waals surface area contributed by atoms with Crippen LogP contribution in [0.4, 0.5) is 4.39 Å². The third-order valence-corrected chi connectivity index (χ3v) is 2.26. The van der Waals surface area contributed by atoms with E-state index in [0.717, 1.165) is 11.3 Å². The van der Waals surface area contributed by atoms with Crippen molar-refractivity contribution in [1.82, 2.24) is 10.5 Å². The van der Waals surface area contributed by atoms with Gasteiger partial charge in [-0.3, -0.25) is 0 Å². The Bertz CT molecular complexity index is 439. The Labute approximate surface area is 97.2 Å². The van der Waals surface area contributed by atoms with Crippen molar-refractivity contribution in [2.45, 2.75) is 13.1 Å². The molecule has 0 aliphatic rings. The summed E-state index contributed by atoms with van der Waals surface area (Å²) in [5.41, 5.74) is 0.796. The van der Waals surface area contributed by atoms with Gasteiger partial charge in [0.2, 0.25) is 0 Å². The van der Waals surface area contributed by atoms with Crippen molar-refractivity contribution in [3.8, 4) is 0 Å². The molecule has 84 valence electrons. The number of hydrogen-bond donors (Lipinski definition) is 1. The van der Waals surface area contributed by atoms with E-state index in [4.69, 9.17) is 16.1 Å². The first-order chi connectivity index (χ1) is 7.74. The molecule has 3 nitrogen and oxygen atoms in total. The van der Waals surface area contributed by atoms with Crippen LogP contribution in [0.15, 0.2) is 35.0 Å². The van der Waals surface area contributed by atoms with Crippen LogP contribution in [0.25, 0.3) is 0 Å². The SMILES string of the molecule is Fc1cc(Cl)cc(CNCc2ccno2)c1. The van der Waals surface area contributed by atoms with Crippen molar-refractivity contribution < 1.29 is 8.91 Å². The first kappa shape index (κ1) is 11.1. The first-order valence-corrected chi connectivity index (χ1v) is 5.17. The van der Waals surface area contributed by atoms with E-state index in [1.807, 2.05) is 0 Å². The Morgan fingerprint density at radius 3 is 2.88 bits per heavy atom. The molecule has 1 N–H and O–H groups in total. The predicted molar refractivity (Wildman–Crippen MR) is 58.5 cm³/mol. The van der Waals surface area contributed by atoms with Gasteiger partial charge in [-0.25, -0.2) is 4.39 Å². The maximum atomic E-state index is 13.0. The van der Waals surface area contributed by atoms with Crippen LogP contribution in [0.2, 0.25) is 5.02 Å². The van der Waals surface area contributed by atoms with E-state index >= 15 is 0 Å². The summed E-state index contributed by atoms with van der Waals surface area (Å²) < 4.78 is 17.9. The van der Waals surface area contributed by atoms with Gasteiger partial charge in [-0.1, -0.05) is 16.8 Å². The van der Waals surface area contributed by atoms with Gasteiger partial charge in [-0.05, 0) is 23.8 Å². The van der Waals surface area contributed by atoms with E-state index in [1.54, 1.807) is 18.3 Å². The van der Waals surface area contributed by atoms with E-state index in [0.29, 0.717) is 18.1 Å². The van der Waals surface area contributed by atoms with Gasteiger partial charge < -0.3 is 9.84 Å². The average molecular weight is 241 g/mol. The zero-order valence-electron chi connectivity index (χ0n) is 8.41. The summed E-state index contributed by atoms with van der Waals surface area (Å²) in [6.45, 7) is 1.08. The van der Waals surface area contributed by atoms with Crippen LogP contribution in [0, 0.1) is 5.82 Å². The molecule has 2 aromatic rings. The van der Waals surface area contributed by atoms with Crippen LogP contribution >= 0.6 is 11.6 Å². The third-order valence-electron chi connectivity index (χ3n) is 2.04. The molecule has 0 saturated carbocycles. The van der Waals surface area contributed by atoms with Gasteiger partial charge in [0.15, 0.2) is 0 Å². The molecule has 1 aromatic heterocycles. The maximum absolute atomic E-state index is 13.0. The van der Waals surface area contributed by atoms with E-state index < -0.39 is 0 Å². The van der Waals surface area contributed by atoms with Gasteiger partial charge in [0, 0.05) is 17.6 Å². The molecule has 0 amide bonds. The number of hydrogen-bond acceptors (Lipinski definition) is 3. The second-order valence-corrected chi connectivity index (χ2v) is 3.80. The highest BCUT2D eigenvalue weighted by molar-refractivity contribution is 6.30. The molecule has 1 aromatic carbocycles. The molecule has 0 saturated heterocycles. The Morgan fingerprint density at radius 1 is 1.31 bits per heavy atom. The van der Waals surface area contributed by atoms with Crippen molar-refractivity contribution in [2.75, 3.05) is 0 Å². The standard InChI is InChI=1S/C11H10ClFN2O/c12-9-3-8(4-10(13)5-9)6-14-7-11-1-2-15-16-11/h1-5,14H,6-7H2. The predicted octanol–water partition coefficient (Wildman–Crippen LogP) is 2.76. The van der Waals surface area contributed by atoms with Crippen molar-refractivity contribution in [1.29, 1.82) is 0 Å². The van der Waals surface area contributed by atoms with Crippen molar-refractivity contribution in [3.63, 3.8) is 0 Å². The second-order valence-electron chi connectivity index (χ2n) is 3.36. The summed E-state index contributed by atoms with van der Waals surface area (Å²) in [6.07, 6.45) is 1.58. The Balaban J connectivity index is 1.89. The summed E-state index contributed by atoms with van der Waals surface area (Å²) in [5.74, 6) is 0.409. The molecular formula is C11H10ClFN2O. The van der Waals surface area contributed by atoms with Gasteiger partial charge in [-0.2, -0.15) is 0 Å². The van der Waals surface area contributed by atoms with Crippen LogP contribution < -0.4 is 5.32 Å². The number of benzene rings is 1. The molecule has 5 heteroatoms. The highest BCUT2D eigenvalue weighted by Gasteiger charge is 2.00. The summed E-state index contributed by atoms with van der Waals surface area (Å²) in [5, 5.41) is 7.08. The minimum atomic E-state index is -0.330. The molecular weight excluding hydrogens is 231 g/mol. The minimum absolute atomic E-state index is 0.330. The van der Waals surface area contributed by atoms with Crippen LogP contribution in [0.5, 0.6) is 0 Å². The van der Waals surface area contributed by atoms with Gasteiger partial charge in [0.05, 0.1) is 12.7 Å². The highest BCUT2D eigenvalue weighted by atomic mass is 35.5. The Kier molecular flexibility index (Phi) is 3.54. The van der Waals surface area contributed by atoms with E-state index in [2.05, 4.69) is 10.5 Å². The lowest BCUT2D eigenvalue weighted by Gasteiger charge is -2.03. The summed E-state index contributed by atoms with van der Waals surface area (Å²) in [6, 6.07) is 6.21. The van der Waals surface area contributed by atoms with E-state index in [9.17, 15) is 4.39 Å². The lowest BCUT2D eigenvalue weighted by atomic mass is 10.2. The van der Waals surface area contributed by atoms with Crippen molar-refractivity contribution >= 4 is 11.6 Å². The van der Waals surface area contributed by atoms with E-state index in [-0.39, 0.29) is 5.82 Å². The molecule has 0 aliphatic carbocycles. The molecule has 0 radical (unpaired) electrons. The number of halogens is 2. The molecule has 0 unspecified atom stereocenters. The zero-order valence-corrected chi connectivity index (χ0v) is 9.17. The molecule has 0 fully saturated rings. The van der Waals surface area contributed by atoms with Crippen LogP contribution in [0.3, 0.4) is 0 Å². The Morgan fingerprint density at radius 2 is 2.19 bits per heavy atom. The lowest BCUT2D eigenvalue weighted by molar-refractivity contribution is 0.372. The molecule has 1 heterocycles. The first-order valence-electron chi connectivity index (χ1n) is 4.79. The molecule has 2 rings (SSSR count). The van der Waals surface area contributed by atoms with Gasteiger partial charge in [-0.15, -0.1) is 0 Å². The fourth-order valence-corrected chi connectivity index (χ4v) is 1.62. The van der Waals surface area contributed by atoms with Crippen molar-refractivity contribution in [3.05, 3.63) is 52.6 Å². The minimum Gasteiger partial charge on any atom is -0.360 e. The normalized spacial score (nSPS) is 10.6. The second kappa shape index (κ2) is 5.09. The molecule has 0 aliphatic heterocycles. The largest absolute Gasteiger partial charge is 0.360 e. The van der Waals surface area contributed by atoms with Gasteiger partial charge in [0.25, 0.3) is 0 Å². The lowest BCUT2D eigenvalue weighted by Crippen LogP contribution is -2.12. The number of nitrogens with zero attached hydrogens (tertiary/aromatic N) is 1. The quantitative estimate of drug-likeness (QED) is 0.893. The fourth-order valence-electron chi connectivity index (χ4n) is 1.38. The summed E-state index contributed by atoms with van der Waals surface area (Å²) in [4.78, 5) is 0. The molecule has 0 spiro atoms. The number of rotatable bonds is 4. The number of nitrogens with one attached hydrogen (secondary N) is 1. The highest BCUT2D eigenvalue weighted by Crippen LogP contribution is 2.13. The summed E-state index contributed by atoms with van der Waals surface area (Å²) >= 11 is 5.73. The molecule has 0 atom stereocenters. The molecule has 0 bridgehead atoms. The van der Waals surface area contributed by atoms with Crippen LogP contribution in [-0.2, 0) is 13.1 Å². The molecule has 16 heavy (non-hydrogen) atoms. The van der Waals surface area contributed by atoms with Gasteiger partial charge >= 0.3 is 0 Å². The monoisotopic (exact) mass is 240 g/mol. The fraction of sp³-hybridized carbons (Fsp3) is 0.182. The van der Waals surface area contributed by atoms with Gasteiger partial charge in [0.1, 0.15) is 11.6 Å². The van der Waals surface area contributed by atoms with Crippen LogP contribution in [-0.4, -0.2) is 5.16 Å². The smallest absolute Gasteiger partial charge is 0.150 e. The topological polar surface area (TPSA) is 38.1 Å². The average Bonchev–Trinajstić information content (AvgIpc) is 2.69. The summed E-state index contributed by atoms with van der Waals surface area (Å²) in [7, 11) is 0. The Hall–Kier alpha value is -1.39. The van der Waals surface area contributed by atoms with E-state index in [1.165, 1.54) is 12.1 Å². The number of aromatic nitrogens is 1. The van der Waals surface area contributed by atoms with Crippen LogP contribution in [0.1, 0.15) is 11.3 Å². The zero-order chi connectivity index (χ0) is 11.4. The van der Waals surface area contributed by atoms with Crippen molar-refractivity contribution in [2.24, 2.45) is 0 Å².